The summed E-state index contributed by atoms with van der Waals surface area (Å²) in [5.41, 5.74) is 9.70. The fourth-order valence-corrected chi connectivity index (χ4v) is 8.02. The Balaban J connectivity index is 1.15. The van der Waals surface area contributed by atoms with Gasteiger partial charge in [-0.1, -0.05) is 11.6 Å². The van der Waals surface area contributed by atoms with Crippen molar-refractivity contribution in [3.63, 3.8) is 0 Å². The number of nitrogens with two attached hydrogens (primary N) is 1. The van der Waals surface area contributed by atoms with Crippen LogP contribution in [0.25, 0.3) is 0 Å². The SMILES string of the molecule is C/C=C1\CC[C@@H](NCC(C)N2CCC3(CC2)CCC2(COC2)[C@H]3N)C12CCN(C)CC2. The van der Waals surface area contributed by atoms with E-state index in [4.69, 9.17) is 10.5 Å². The van der Waals surface area contributed by atoms with Crippen LogP contribution >= 0.6 is 0 Å². The molecule has 3 saturated heterocycles. The van der Waals surface area contributed by atoms with Crippen LogP contribution in [0.4, 0.5) is 0 Å². The van der Waals surface area contributed by atoms with Gasteiger partial charge in [-0.2, -0.15) is 0 Å². The van der Waals surface area contributed by atoms with E-state index in [-0.39, 0.29) is 0 Å². The zero-order valence-electron chi connectivity index (χ0n) is 20.3. The number of piperidine rings is 2. The lowest BCUT2D eigenvalue weighted by atomic mass is 9.68. The van der Waals surface area contributed by atoms with Crippen LogP contribution < -0.4 is 11.1 Å². The Morgan fingerprint density at radius 1 is 1.06 bits per heavy atom. The molecule has 5 heteroatoms. The minimum Gasteiger partial charge on any atom is -0.380 e. The minimum atomic E-state index is 0.324. The number of nitrogens with one attached hydrogen (secondary N) is 1. The Morgan fingerprint density at radius 3 is 2.32 bits per heavy atom. The van der Waals surface area contributed by atoms with Gasteiger partial charge in [0.1, 0.15) is 0 Å². The predicted octanol–water partition coefficient (Wildman–Crippen LogP) is 3.01. The first-order valence-corrected chi connectivity index (χ1v) is 13.1. The zero-order valence-corrected chi connectivity index (χ0v) is 20.3. The first-order valence-electron chi connectivity index (χ1n) is 13.1. The van der Waals surface area contributed by atoms with Crippen molar-refractivity contribution in [2.75, 3.05) is 53.0 Å². The van der Waals surface area contributed by atoms with Gasteiger partial charge in [0.2, 0.25) is 0 Å². The van der Waals surface area contributed by atoms with Crippen molar-refractivity contribution in [1.29, 1.82) is 0 Å². The number of ether oxygens (including phenoxy) is 1. The van der Waals surface area contributed by atoms with Crippen molar-refractivity contribution in [2.24, 2.45) is 22.0 Å². The molecule has 176 valence electrons. The monoisotopic (exact) mass is 430 g/mol. The number of rotatable bonds is 4. The topological polar surface area (TPSA) is 53.8 Å². The molecule has 5 fully saturated rings. The molecule has 0 aromatic carbocycles. The third kappa shape index (κ3) is 3.63. The van der Waals surface area contributed by atoms with E-state index in [9.17, 15) is 0 Å². The Bertz CT molecular complexity index is 671. The fraction of sp³-hybridized carbons (Fsp3) is 0.923. The molecule has 0 aromatic heterocycles. The Kier molecular flexibility index (Phi) is 6.05. The van der Waals surface area contributed by atoms with E-state index in [1.807, 2.05) is 0 Å². The first kappa shape index (κ1) is 22.3. The Hall–Kier alpha value is -0.460. The van der Waals surface area contributed by atoms with Crippen molar-refractivity contribution in [1.82, 2.24) is 15.1 Å². The van der Waals surface area contributed by atoms with Gasteiger partial charge in [0.25, 0.3) is 0 Å². The Morgan fingerprint density at radius 2 is 1.74 bits per heavy atom. The molecular formula is C26H46N4O. The number of allylic oxidation sites excluding steroid dienone is 1. The molecule has 3 heterocycles. The minimum absolute atomic E-state index is 0.324. The molecule has 5 aliphatic rings. The summed E-state index contributed by atoms with van der Waals surface area (Å²) in [6.07, 6.45) is 12.9. The maximum atomic E-state index is 6.84. The standard InChI is InChI=1S/C26H46N4O/c1-4-21-5-6-22(26(21)11-13-29(3)14-12-26)28-17-20(2)30-15-9-24(10-16-30)7-8-25(23(24)27)18-31-19-25/h4,20,22-23,28H,5-19,27H2,1-3H3/b21-4+/t20?,22-,23+/m1/s1. The molecule has 2 aliphatic carbocycles. The van der Waals surface area contributed by atoms with Crippen LogP contribution in [0.2, 0.25) is 0 Å². The highest BCUT2D eigenvalue weighted by Gasteiger charge is 2.59. The van der Waals surface area contributed by atoms with Gasteiger partial charge in [-0.25, -0.2) is 0 Å². The first-order chi connectivity index (χ1) is 14.9. The largest absolute Gasteiger partial charge is 0.380 e. The highest BCUT2D eigenvalue weighted by molar-refractivity contribution is 5.25. The van der Waals surface area contributed by atoms with Gasteiger partial charge < -0.3 is 20.7 Å². The molecule has 31 heavy (non-hydrogen) atoms. The van der Waals surface area contributed by atoms with Crippen molar-refractivity contribution in [2.45, 2.75) is 83.3 Å². The number of hydrogen-bond donors (Lipinski definition) is 2. The van der Waals surface area contributed by atoms with Crippen LogP contribution in [-0.4, -0.2) is 80.9 Å². The molecule has 3 spiro atoms. The molecule has 5 nitrogen and oxygen atoms in total. The van der Waals surface area contributed by atoms with E-state index < -0.39 is 0 Å². The van der Waals surface area contributed by atoms with Crippen molar-refractivity contribution < 1.29 is 4.74 Å². The van der Waals surface area contributed by atoms with Crippen LogP contribution in [-0.2, 0) is 4.74 Å². The summed E-state index contributed by atoms with van der Waals surface area (Å²) in [4.78, 5) is 5.24. The highest BCUT2D eigenvalue weighted by Crippen LogP contribution is 2.56. The van der Waals surface area contributed by atoms with Gasteiger partial charge >= 0.3 is 0 Å². The van der Waals surface area contributed by atoms with Gasteiger partial charge in [-0.05, 0) is 104 Å². The summed E-state index contributed by atoms with van der Waals surface area (Å²) in [7, 11) is 2.28. The summed E-state index contributed by atoms with van der Waals surface area (Å²) in [5, 5.41) is 4.08. The maximum absolute atomic E-state index is 6.84. The van der Waals surface area contributed by atoms with Crippen LogP contribution in [0.1, 0.15) is 65.2 Å². The van der Waals surface area contributed by atoms with E-state index >= 15 is 0 Å². The summed E-state index contributed by atoms with van der Waals surface area (Å²) >= 11 is 0. The molecule has 3 aliphatic heterocycles. The molecular weight excluding hydrogens is 384 g/mol. The second-order valence-corrected chi connectivity index (χ2v) is 11.9. The van der Waals surface area contributed by atoms with Crippen LogP contribution in [0.3, 0.4) is 0 Å². The second kappa shape index (κ2) is 8.39. The van der Waals surface area contributed by atoms with Crippen LogP contribution in [0, 0.1) is 16.2 Å². The molecule has 3 atom stereocenters. The summed E-state index contributed by atoms with van der Waals surface area (Å²) in [6, 6.07) is 1.62. The predicted molar refractivity (Wildman–Crippen MR) is 127 cm³/mol. The molecule has 2 saturated carbocycles. The lowest BCUT2D eigenvalue weighted by molar-refractivity contribution is -0.127. The smallest absolute Gasteiger partial charge is 0.0559 e. The van der Waals surface area contributed by atoms with Crippen molar-refractivity contribution in [3.8, 4) is 0 Å². The van der Waals surface area contributed by atoms with E-state index in [1.54, 1.807) is 5.57 Å². The molecule has 0 radical (unpaired) electrons. The van der Waals surface area contributed by atoms with Crippen LogP contribution in [0.5, 0.6) is 0 Å². The summed E-state index contributed by atoms with van der Waals surface area (Å²) < 4.78 is 5.57. The van der Waals surface area contributed by atoms with Gasteiger partial charge in [0, 0.05) is 35.5 Å². The number of nitrogens with zero attached hydrogens (tertiary/aromatic N) is 2. The number of likely N-dealkylation sites (tertiary alicyclic amines) is 2. The highest BCUT2D eigenvalue weighted by atomic mass is 16.5. The number of hydrogen-bond acceptors (Lipinski definition) is 5. The lowest BCUT2D eigenvalue weighted by Crippen LogP contribution is -2.59. The molecule has 3 N–H and O–H groups in total. The van der Waals surface area contributed by atoms with Gasteiger partial charge in [0.15, 0.2) is 0 Å². The van der Waals surface area contributed by atoms with Gasteiger partial charge in [-0.15, -0.1) is 0 Å². The summed E-state index contributed by atoms with van der Waals surface area (Å²) in [5.74, 6) is 0. The van der Waals surface area contributed by atoms with Crippen molar-refractivity contribution >= 4 is 0 Å². The van der Waals surface area contributed by atoms with Gasteiger partial charge in [-0.3, -0.25) is 4.90 Å². The van der Waals surface area contributed by atoms with Crippen molar-refractivity contribution in [3.05, 3.63) is 11.6 Å². The molecule has 1 unspecified atom stereocenters. The van der Waals surface area contributed by atoms with E-state index in [2.05, 4.69) is 42.1 Å². The fourth-order valence-electron chi connectivity index (χ4n) is 8.02. The lowest BCUT2D eigenvalue weighted by Gasteiger charge is -2.49. The quantitative estimate of drug-likeness (QED) is 0.672. The third-order valence-electron chi connectivity index (χ3n) is 10.5. The molecule has 0 bridgehead atoms. The van der Waals surface area contributed by atoms with E-state index in [1.165, 1.54) is 77.5 Å². The van der Waals surface area contributed by atoms with Gasteiger partial charge in [0.05, 0.1) is 13.2 Å². The van der Waals surface area contributed by atoms with E-state index in [0.29, 0.717) is 34.4 Å². The zero-order chi connectivity index (χ0) is 21.7. The average molecular weight is 431 g/mol. The molecule has 0 aromatic rings. The Labute approximate surface area is 190 Å². The van der Waals surface area contributed by atoms with E-state index in [0.717, 1.165) is 19.8 Å². The molecule has 0 amide bonds. The third-order valence-corrected chi connectivity index (χ3v) is 10.5. The maximum Gasteiger partial charge on any atom is 0.0559 e. The second-order valence-electron chi connectivity index (χ2n) is 11.9. The molecule has 5 rings (SSSR count). The summed E-state index contributed by atoms with van der Waals surface area (Å²) in [6.45, 7) is 12.6. The van der Waals surface area contributed by atoms with Crippen LogP contribution in [0.15, 0.2) is 11.6 Å². The average Bonchev–Trinajstić information content (AvgIpc) is 3.24. The normalized spacial score (nSPS) is 37.1.